The summed E-state index contributed by atoms with van der Waals surface area (Å²) in [7, 11) is 0. The monoisotopic (exact) mass is 281 g/mol. The molecule has 1 unspecified atom stereocenters. The molecule has 0 saturated carbocycles. The number of hydrogen-bond donors (Lipinski definition) is 0. The predicted molar refractivity (Wildman–Crippen MR) is 73.9 cm³/mol. The van der Waals surface area contributed by atoms with E-state index >= 15 is 0 Å². The van der Waals surface area contributed by atoms with Gasteiger partial charge in [0.25, 0.3) is 0 Å². The second kappa shape index (κ2) is 5.70. The summed E-state index contributed by atoms with van der Waals surface area (Å²) >= 11 is 6.10. The Bertz CT molecular complexity index is 548. The van der Waals surface area contributed by atoms with Gasteiger partial charge in [-0.05, 0) is 42.6 Å². The average molecular weight is 282 g/mol. The van der Waals surface area contributed by atoms with Gasteiger partial charge in [0.05, 0.1) is 0 Å². The predicted octanol–water partition coefficient (Wildman–Crippen LogP) is 4.00. The van der Waals surface area contributed by atoms with Crippen molar-refractivity contribution in [2.75, 3.05) is 0 Å². The zero-order valence-electron chi connectivity index (χ0n) is 11.3. The van der Waals surface area contributed by atoms with E-state index in [1.807, 2.05) is 4.57 Å². The van der Waals surface area contributed by atoms with Crippen LogP contribution in [0.15, 0.2) is 24.3 Å². The van der Waals surface area contributed by atoms with Crippen LogP contribution in [0.2, 0.25) is 5.28 Å². The van der Waals surface area contributed by atoms with E-state index < -0.39 is 0 Å². The third-order valence-corrected chi connectivity index (χ3v) is 3.34. The zero-order valence-corrected chi connectivity index (χ0v) is 12.0. The molecule has 0 aliphatic rings. The van der Waals surface area contributed by atoms with Crippen LogP contribution in [0.4, 0.5) is 4.39 Å². The fourth-order valence-corrected chi connectivity index (χ4v) is 2.43. The lowest BCUT2D eigenvalue weighted by Gasteiger charge is -2.18. The first-order valence-corrected chi connectivity index (χ1v) is 6.71. The van der Waals surface area contributed by atoms with Gasteiger partial charge in [-0.25, -0.2) is 4.39 Å². The van der Waals surface area contributed by atoms with Crippen LogP contribution in [0.1, 0.15) is 44.1 Å². The molecule has 19 heavy (non-hydrogen) atoms. The number of hydrogen-bond acceptors (Lipinski definition) is 2. The van der Waals surface area contributed by atoms with Crippen LogP contribution < -0.4 is 0 Å². The molecular formula is C14H17ClFN3. The number of nitrogens with zero attached hydrogens (tertiary/aromatic N) is 3. The van der Waals surface area contributed by atoms with Crippen molar-refractivity contribution in [1.82, 2.24) is 14.8 Å². The average Bonchev–Trinajstić information content (AvgIpc) is 2.74. The number of benzene rings is 1. The summed E-state index contributed by atoms with van der Waals surface area (Å²) < 4.78 is 14.8. The Morgan fingerprint density at radius 1 is 1.16 bits per heavy atom. The number of rotatable bonds is 4. The van der Waals surface area contributed by atoms with Gasteiger partial charge in [0.2, 0.25) is 5.28 Å². The smallest absolute Gasteiger partial charge is 0.225 e. The highest BCUT2D eigenvalue weighted by Gasteiger charge is 2.18. The van der Waals surface area contributed by atoms with E-state index in [1.54, 1.807) is 12.1 Å². The molecule has 0 radical (unpaired) electrons. The van der Waals surface area contributed by atoms with E-state index in [0.717, 1.165) is 17.8 Å². The molecule has 0 spiro atoms. The number of halogens is 2. The first kappa shape index (κ1) is 14.0. The maximum absolute atomic E-state index is 12.9. The number of aromatic nitrogens is 3. The van der Waals surface area contributed by atoms with E-state index in [1.165, 1.54) is 12.1 Å². The fourth-order valence-electron chi connectivity index (χ4n) is 2.14. The van der Waals surface area contributed by atoms with E-state index in [-0.39, 0.29) is 17.8 Å². The fraction of sp³-hybridized carbons (Fsp3) is 0.429. The van der Waals surface area contributed by atoms with Gasteiger partial charge in [0.1, 0.15) is 11.6 Å². The van der Waals surface area contributed by atoms with Crippen LogP contribution in [0.5, 0.6) is 0 Å². The Balaban J connectivity index is 2.22. The van der Waals surface area contributed by atoms with Crippen LogP contribution in [0, 0.1) is 5.82 Å². The van der Waals surface area contributed by atoms with Crippen molar-refractivity contribution in [3.63, 3.8) is 0 Å². The third-order valence-electron chi connectivity index (χ3n) is 3.08. The first-order valence-electron chi connectivity index (χ1n) is 6.33. The lowest BCUT2D eigenvalue weighted by molar-refractivity contribution is 0.508. The molecular weight excluding hydrogens is 265 g/mol. The summed E-state index contributed by atoms with van der Waals surface area (Å²) in [4.78, 5) is 0. The molecule has 0 saturated heterocycles. The molecule has 0 amide bonds. The lowest BCUT2D eigenvalue weighted by Crippen LogP contribution is -2.13. The summed E-state index contributed by atoms with van der Waals surface area (Å²) in [5.41, 5.74) is 1.06. The van der Waals surface area contributed by atoms with Crippen LogP contribution >= 0.6 is 11.6 Å². The van der Waals surface area contributed by atoms with Gasteiger partial charge in [0.15, 0.2) is 0 Å². The zero-order chi connectivity index (χ0) is 14.0. The molecule has 1 aromatic carbocycles. The van der Waals surface area contributed by atoms with Gasteiger partial charge in [-0.2, -0.15) is 0 Å². The molecule has 1 heterocycles. The Kier molecular flexibility index (Phi) is 4.20. The third kappa shape index (κ3) is 3.13. The normalized spacial score (nSPS) is 12.9. The summed E-state index contributed by atoms with van der Waals surface area (Å²) in [6, 6.07) is 6.65. The summed E-state index contributed by atoms with van der Waals surface area (Å²) in [6.07, 6.45) is 0.762. The van der Waals surface area contributed by atoms with Crippen molar-refractivity contribution in [3.8, 4) is 0 Å². The molecule has 5 heteroatoms. The maximum Gasteiger partial charge on any atom is 0.225 e. The largest absolute Gasteiger partial charge is 0.298 e. The molecule has 2 aromatic rings. The summed E-state index contributed by atoms with van der Waals surface area (Å²) in [6.45, 7) is 6.17. The SMILES string of the molecule is CC(C)c1nnc(Cl)n1C(C)Cc1ccc(F)cc1. The van der Waals surface area contributed by atoms with E-state index in [4.69, 9.17) is 11.6 Å². The van der Waals surface area contributed by atoms with Crippen molar-refractivity contribution >= 4 is 11.6 Å². The molecule has 0 aliphatic heterocycles. The van der Waals surface area contributed by atoms with Gasteiger partial charge < -0.3 is 0 Å². The summed E-state index contributed by atoms with van der Waals surface area (Å²) in [5, 5.41) is 8.45. The van der Waals surface area contributed by atoms with Gasteiger partial charge >= 0.3 is 0 Å². The molecule has 1 aromatic heterocycles. The minimum Gasteiger partial charge on any atom is -0.298 e. The summed E-state index contributed by atoms with van der Waals surface area (Å²) in [5.74, 6) is 0.914. The molecule has 0 fully saturated rings. The van der Waals surface area contributed by atoms with Crippen molar-refractivity contribution < 1.29 is 4.39 Å². The Morgan fingerprint density at radius 3 is 2.37 bits per heavy atom. The molecule has 0 bridgehead atoms. The Morgan fingerprint density at radius 2 is 1.79 bits per heavy atom. The van der Waals surface area contributed by atoms with Crippen LogP contribution in [-0.2, 0) is 6.42 Å². The van der Waals surface area contributed by atoms with Crippen LogP contribution in [0.25, 0.3) is 0 Å². The minimum absolute atomic E-state index is 0.130. The molecule has 0 aliphatic carbocycles. The molecule has 2 rings (SSSR count). The van der Waals surface area contributed by atoms with Crippen LogP contribution in [-0.4, -0.2) is 14.8 Å². The van der Waals surface area contributed by atoms with Crippen molar-refractivity contribution in [2.45, 2.75) is 39.2 Å². The van der Waals surface area contributed by atoms with Gasteiger partial charge in [-0.3, -0.25) is 4.57 Å². The molecule has 102 valence electrons. The first-order chi connectivity index (χ1) is 8.99. The van der Waals surface area contributed by atoms with Crippen molar-refractivity contribution in [1.29, 1.82) is 0 Å². The second-order valence-electron chi connectivity index (χ2n) is 5.03. The van der Waals surface area contributed by atoms with Crippen LogP contribution in [0.3, 0.4) is 0 Å². The Hall–Kier alpha value is -1.42. The highest BCUT2D eigenvalue weighted by Crippen LogP contribution is 2.24. The second-order valence-corrected chi connectivity index (χ2v) is 5.37. The standard InChI is InChI=1S/C14H17ClFN3/c1-9(2)13-17-18-14(15)19(13)10(3)8-11-4-6-12(16)7-5-11/h4-7,9-10H,8H2,1-3H3. The quantitative estimate of drug-likeness (QED) is 0.848. The van der Waals surface area contributed by atoms with E-state index in [9.17, 15) is 4.39 Å². The van der Waals surface area contributed by atoms with Crippen molar-refractivity contribution in [3.05, 3.63) is 46.8 Å². The molecule has 3 nitrogen and oxygen atoms in total. The topological polar surface area (TPSA) is 30.7 Å². The van der Waals surface area contributed by atoms with E-state index in [2.05, 4.69) is 31.0 Å². The maximum atomic E-state index is 12.9. The van der Waals surface area contributed by atoms with Gasteiger partial charge in [-0.1, -0.05) is 26.0 Å². The molecule has 0 N–H and O–H groups in total. The highest BCUT2D eigenvalue weighted by molar-refractivity contribution is 6.28. The minimum atomic E-state index is -0.221. The molecule has 1 atom stereocenters. The highest BCUT2D eigenvalue weighted by atomic mass is 35.5. The van der Waals surface area contributed by atoms with Gasteiger partial charge in [0, 0.05) is 12.0 Å². The van der Waals surface area contributed by atoms with E-state index in [0.29, 0.717) is 5.28 Å². The lowest BCUT2D eigenvalue weighted by atomic mass is 10.1. The van der Waals surface area contributed by atoms with Gasteiger partial charge in [-0.15, -0.1) is 10.2 Å². The Labute approximate surface area is 117 Å². The van der Waals surface area contributed by atoms with Crippen molar-refractivity contribution in [2.24, 2.45) is 0 Å².